The molecule has 0 aromatic heterocycles. The number of carbonyl (C=O) groups excluding carboxylic acids is 1. The van der Waals surface area contributed by atoms with E-state index in [0.29, 0.717) is 0 Å². The quantitative estimate of drug-likeness (QED) is 0.631. The minimum Gasteiger partial charge on any atom is -0.468 e. The van der Waals surface area contributed by atoms with Gasteiger partial charge in [0.05, 0.1) is 7.11 Å². The molecule has 0 aromatic carbocycles. The minimum absolute atomic E-state index is 0.152. The van der Waals surface area contributed by atoms with Gasteiger partial charge in [-0.1, -0.05) is 6.92 Å². The van der Waals surface area contributed by atoms with Crippen LogP contribution in [0.1, 0.15) is 26.2 Å². The van der Waals surface area contributed by atoms with Crippen molar-refractivity contribution < 1.29 is 9.53 Å². The Morgan fingerprint density at radius 3 is 2.73 bits per heavy atom. The van der Waals surface area contributed by atoms with Gasteiger partial charge in [0, 0.05) is 12.6 Å². The summed E-state index contributed by atoms with van der Waals surface area (Å²) >= 11 is 0. The second kappa shape index (κ2) is 6.08. The van der Waals surface area contributed by atoms with Gasteiger partial charge in [0.25, 0.3) is 0 Å². The lowest BCUT2D eigenvalue weighted by Gasteiger charge is -2.20. The smallest absolute Gasteiger partial charge is 0.322 e. The molecule has 0 amide bonds. The Bertz CT molecular complexity index is 205. The van der Waals surface area contributed by atoms with Crippen molar-refractivity contribution in [2.24, 2.45) is 0 Å². The summed E-state index contributed by atoms with van der Waals surface area (Å²) in [5.74, 6) is -0.152. The minimum atomic E-state index is -0.152. The van der Waals surface area contributed by atoms with Crippen molar-refractivity contribution in [1.82, 2.24) is 10.2 Å². The van der Waals surface area contributed by atoms with Crippen LogP contribution in [-0.4, -0.2) is 50.2 Å². The van der Waals surface area contributed by atoms with Gasteiger partial charge in [-0.2, -0.15) is 0 Å². The fourth-order valence-corrected chi connectivity index (χ4v) is 1.72. The molecule has 0 spiro atoms. The lowest BCUT2D eigenvalue weighted by Crippen LogP contribution is -2.40. The molecule has 88 valence electrons. The normalized spacial score (nSPS) is 17.9. The van der Waals surface area contributed by atoms with Crippen LogP contribution >= 0.6 is 0 Å². The molecule has 1 fully saturated rings. The molecule has 1 aliphatic carbocycles. The van der Waals surface area contributed by atoms with Crippen molar-refractivity contribution in [2.45, 2.75) is 38.3 Å². The highest BCUT2D eigenvalue weighted by Gasteiger charge is 2.27. The molecule has 0 radical (unpaired) electrons. The van der Waals surface area contributed by atoms with Crippen molar-refractivity contribution >= 4 is 5.97 Å². The highest BCUT2D eigenvalue weighted by atomic mass is 16.5. The zero-order valence-electron chi connectivity index (χ0n) is 9.95. The molecule has 0 bridgehead atoms. The topological polar surface area (TPSA) is 41.6 Å². The number of nitrogens with one attached hydrogen (secondary N) is 1. The zero-order valence-corrected chi connectivity index (χ0v) is 9.95. The molecule has 1 rings (SSSR count). The van der Waals surface area contributed by atoms with Crippen molar-refractivity contribution in [3.63, 3.8) is 0 Å². The fourth-order valence-electron chi connectivity index (χ4n) is 1.72. The molecule has 4 heteroatoms. The number of rotatable bonds is 7. The summed E-state index contributed by atoms with van der Waals surface area (Å²) in [7, 11) is 3.56. The molecule has 0 aromatic rings. The van der Waals surface area contributed by atoms with E-state index in [9.17, 15) is 4.79 Å². The van der Waals surface area contributed by atoms with Crippen LogP contribution in [0.5, 0.6) is 0 Å². The van der Waals surface area contributed by atoms with Gasteiger partial charge in [0.15, 0.2) is 0 Å². The predicted octanol–water partition coefficient (Wildman–Crippen LogP) is 0.622. The second-order valence-corrected chi connectivity index (χ2v) is 4.13. The Kier molecular flexibility index (Phi) is 5.05. The first-order valence-electron chi connectivity index (χ1n) is 5.70. The van der Waals surface area contributed by atoms with Crippen molar-refractivity contribution in [3.8, 4) is 0 Å². The van der Waals surface area contributed by atoms with E-state index >= 15 is 0 Å². The van der Waals surface area contributed by atoms with Crippen LogP contribution in [0.2, 0.25) is 0 Å². The van der Waals surface area contributed by atoms with Gasteiger partial charge in [-0.25, -0.2) is 0 Å². The van der Waals surface area contributed by atoms with Crippen LogP contribution in [0.4, 0.5) is 0 Å². The molecule has 0 heterocycles. The summed E-state index contributed by atoms with van der Waals surface area (Å²) < 4.78 is 4.75. The molecule has 1 unspecified atom stereocenters. The summed E-state index contributed by atoms with van der Waals surface area (Å²) in [5.41, 5.74) is 0. The number of carbonyl (C=O) groups is 1. The summed E-state index contributed by atoms with van der Waals surface area (Å²) in [5, 5.41) is 3.15. The third-order valence-electron chi connectivity index (χ3n) is 2.88. The maximum Gasteiger partial charge on any atom is 0.322 e. The maximum atomic E-state index is 11.4. The van der Waals surface area contributed by atoms with Crippen LogP contribution in [0.15, 0.2) is 0 Å². The van der Waals surface area contributed by atoms with Crippen LogP contribution in [-0.2, 0) is 9.53 Å². The SMILES string of the molecule is CCNC(CCN(C)C1CC1)C(=O)OC. The van der Waals surface area contributed by atoms with E-state index in [2.05, 4.69) is 17.3 Å². The number of ether oxygens (including phenoxy) is 1. The van der Waals surface area contributed by atoms with Crippen LogP contribution in [0.3, 0.4) is 0 Å². The zero-order chi connectivity index (χ0) is 11.3. The molecule has 0 saturated heterocycles. The number of hydrogen-bond donors (Lipinski definition) is 1. The summed E-state index contributed by atoms with van der Waals surface area (Å²) in [6.45, 7) is 3.75. The lowest BCUT2D eigenvalue weighted by atomic mass is 10.2. The van der Waals surface area contributed by atoms with E-state index in [1.165, 1.54) is 20.0 Å². The largest absolute Gasteiger partial charge is 0.468 e. The van der Waals surface area contributed by atoms with Gasteiger partial charge in [0.1, 0.15) is 6.04 Å². The van der Waals surface area contributed by atoms with Crippen molar-refractivity contribution in [3.05, 3.63) is 0 Å². The van der Waals surface area contributed by atoms with E-state index < -0.39 is 0 Å². The van der Waals surface area contributed by atoms with Crippen LogP contribution < -0.4 is 5.32 Å². The summed E-state index contributed by atoms with van der Waals surface area (Å²) in [6.07, 6.45) is 3.44. The summed E-state index contributed by atoms with van der Waals surface area (Å²) in [4.78, 5) is 13.7. The second-order valence-electron chi connectivity index (χ2n) is 4.13. The molecular formula is C11H22N2O2. The Labute approximate surface area is 92.0 Å². The third kappa shape index (κ3) is 4.18. The highest BCUT2D eigenvalue weighted by Crippen LogP contribution is 2.25. The number of nitrogens with zero attached hydrogens (tertiary/aromatic N) is 1. The third-order valence-corrected chi connectivity index (χ3v) is 2.88. The van der Waals surface area contributed by atoms with E-state index in [0.717, 1.165) is 25.6 Å². The first-order valence-corrected chi connectivity index (χ1v) is 5.70. The highest BCUT2D eigenvalue weighted by molar-refractivity contribution is 5.75. The van der Waals surface area contributed by atoms with E-state index in [-0.39, 0.29) is 12.0 Å². The van der Waals surface area contributed by atoms with Crippen LogP contribution in [0, 0.1) is 0 Å². The van der Waals surface area contributed by atoms with Gasteiger partial charge in [-0.3, -0.25) is 4.79 Å². The molecule has 15 heavy (non-hydrogen) atoms. The first kappa shape index (κ1) is 12.5. The monoisotopic (exact) mass is 214 g/mol. The van der Waals surface area contributed by atoms with Crippen molar-refractivity contribution in [2.75, 3.05) is 27.2 Å². The first-order chi connectivity index (χ1) is 7.19. The molecule has 1 aliphatic rings. The Morgan fingerprint density at radius 1 is 1.60 bits per heavy atom. The molecule has 4 nitrogen and oxygen atoms in total. The molecule has 1 N–H and O–H groups in total. The predicted molar refractivity (Wildman–Crippen MR) is 59.7 cm³/mol. The maximum absolute atomic E-state index is 11.4. The van der Waals surface area contributed by atoms with E-state index in [1.807, 2.05) is 6.92 Å². The molecular weight excluding hydrogens is 192 g/mol. The summed E-state index contributed by atoms with van der Waals surface area (Å²) in [6, 6.07) is 0.603. The molecule has 1 atom stereocenters. The van der Waals surface area contributed by atoms with Gasteiger partial charge in [0.2, 0.25) is 0 Å². The average molecular weight is 214 g/mol. The van der Waals surface area contributed by atoms with Gasteiger partial charge < -0.3 is 15.0 Å². The van der Waals surface area contributed by atoms with Gasteiger partial charge in [-0.05, 0) is 32.9 Å². The van der Waals surface area contributed by atoms with E-state index in [4.69, 9.17) is 4.74 Å². The molecule has 1 saturated carbocycles. The molecule has 0 aliphatic heterocycles. The number of likely N-dealkylation sites (N-methyl/N-ethyl adjacent to an activating group) is 1. The lowest BCUT2D eigenvalue weighted by molar-refractivity contribution is -0.143. The van der Waals surface area contributed by atoms with Gasteiger partial charge in [-0.15, -0.1) is 0 Å². The Balaban J connectivity index is 2.26. The standard InChI is InChI=1S/C11H22N2O2/c1-4-12-10(11(14)15-3)7-8-13(2)9-5-6-9/h9-10,12H,4-8H2,1-3H3. The number of methoxy groups -OCH3 is 1. The van der Waals surface area contributed by atoms with Crippen molar-refractivity contribution in [1.29, 1.82) is 0 Å². The fraction of sp³-hybridized carbons (Fsp3) is 0.909. The Hall–Kier alpha value is -0.610. The number of esters is 1. The Morgan fingerprint density at radius 2 is 2.27 bits per heavy atom. The van der Waals surface area contributed by atoms with Crippen LogP contribution in [0.25, 0.3) is 0 Å². The number of hydrogen-bond acceptors (Lipinski definition) is 4. The van der Waals surface area contributed by atoms with E-state index in [1.54, 1.807) is 0 Å². The average Bonchev–Trinajstić information content (AvgIpc) is 3.06. The van der Waals surface area contributed by atoms with Gasteiger partial charge >= 0.3 is 5.97 Å².